The van der Waals surface area contributed by atoms with Gasteiger partial charge in [-0.25, -0.2) is 0 Å². The van der Waals surface area contributed by atoms with E-state index in [0.29, 0.717) is 5.88 Å². The smallest absolute Gasteiger partial charge is 0.230 e. The van der Waals surface area contributed by atoms with Gasteiger partial charge in [0.25, 0.3) is 0 Å². The minimum atomic E-state index is 0.697. The third-order valence-corrected chi connectivity index (χ3v) is 3.95. The van der Waals surface area contributed by atoms with Gasteiger partial charge in [-0.3, -0.25) is 4.31 Å². The van der Waals surface area contributed by atoms with Gasteiger partial charge in [0, 0.05) is 38.5 Å². The molecule has 2 aliphatic rings. The van der Waals surface area contributed by atoms with E-state index in [4.69, 9.17) is 4.52 Å². The first kappa shape index (κ1) is 15.2. The van der Waals surface area contributed by atoms with Gasteiger partial charge in [0.2, 0.25) is 5.88 Å². The Morgan fingerprint density at radius 3 is 2.55 bits per heavy atom. The van der Waals surface area contributed by atoms with E-state index in [1.807, 2.05) is 19.2 Å². The number of aryl methyl sites for hydroxylation is 1. The average molecular weight is 297 g/mol. The van der Waals surface area contributed by atoms with Gasteiger partial charge >= 0.3 is 0 Å². The lowest BCUT2D eigenvalue weighted by atomic mass is 10.4. The van der Waals surface area contributed by atoms with E-state index in [0.717, 1.165) is 31.1 Å². The summed E-state index contributed by atoms with van der Waals surface area (Å²) in [6.45, 7) is 7.62. The van der Waals surface area contributed by atoms with E-state index >= 15 is 0 Å². The summed E-state index contributed by atoms with van der Waals surface area (Å²) in [4.78, 5) is 2.33. The summed E-state index contributed by atoms with van der Waals surface area (Å²) >= 11 is 1.69. The molecule has 3 heterocycles. The molecule has 7 heteroatoms. The van der Waals surface area contributed by atoms with Gasteiger partial charge in [-0.2, -0.15) is 0 Å². The highest BCUT2D eigenvalue weighted by molar-refractivity contribution is 7.96. The molecule has 0 radical (unpaired) electrons. The number of piperazine rings is 1. The molecule has 1 aromatic heterocycles. The Kier molecular flexibility index (Phi) is 5.75. The van der Waals surface area contributed by atoms with Crippen LogP contribution in [0.3, 0.4) is 0 Å². The second kappa shape index (κ2) is 7.56. The Labute approximate surface area is 124 Å². The lowest BCUT2D eigenvalue weighted by molar-refractivity contribution is 0.291. The first-order chi connectivity index (χ1) is 9.69. The van der Waals surface area contributed by atoms with Crippen molar-refractivity contribution in [3.63, 3.8) is 0 Å². The Balaban J connectivity index is 0.000000178. The highest BCUT2D eigenvalue weighted by Crippen LogP contribution is 2.24. The number of rotatable bonds is 3. The summed E-state index contributed by atoms with van der Waals surface area (Å²) in [6, 6.07) is 1.87. The van der Waals surface area contributed by atoms with Gasteiger partial charge in [0.15, 0.2) is 0 Å². The Bertz CT molecular complexity index is 442. The summed E-state index contributed by atoms with van der Waals surface area (Å²) in [6.07, 6.45) is 4.15. The first-order valence-corrected chi connectivity index (χ1v) is 7.98. The predicted octanol–water partition coefficient (Wildman–Crippen LogP) is 1.35. The van der Waals surface area contributed by atoms with Gasteiger partial charge < -0.3 is 20.1 Å². The van der Waals surface area contributed by atoms with Gasteiger partial charge in [-0.15, -0.1) is 0 Å². The van der Waals surface area contributed by atoms with Gasteiger partial charge in [0.1, 0.15) is 5.82 Å². The van der Waals surface area contributed by atoms with Crippen LogP contribution in [0.4, 0.5) is 5.88 Å². The molecule has 0 aliphatic carbocycles. The maximum absolute atomic E-state index is 5.03. The van der Waals surface area contributed by atoms with E-state index in [-0.39, 0.29) is 0 Å². The SMILES string of the molecule is CN1CCNCC1.CSN1CC=C1Nc1cc(C)no1. The highest BCUT2D eigenvalue weighted by Gasteiger charge is 2.17. The molecule has 112 valence electrons. The maximum Gasteiger partial charge on any atom is 0.230 e. The monoisotopic (exact) mass is 297 g/mol. The van der Waals surface area contributed by atoms with Gasteiger partial charge in [-0.1, -0.05) is 17.1 Å². The average Bonchev–Trinajstić information content (AvgIpc) is 2.83. The molecule has 3 rings (SSSR count). The van der Waals surface area contributed by atoms with Crippen LogP contribution in [0.25, 0.3) is 0 Å². The largest absolute Gasteiger partial charge is 0.338 e. The van der Waals surface area contributed by atoms with E-state index < -0.39 is 0 Å². The summed E-state index contributed by atoms with van der Waals surface area (Å²) in [7, 11) is 2.15. The topological polar surface area (TPSA) is 56.6 Å². The molecule has 0 bridgehead atoms. The Morgan fingerprint density at radius 1 is 1.40 bits per heavy atom. The van der Waals surface area contributed by atoms with E-state index in [9.17, 15) is 0 Å². The molecule has 2 N–H and O–H groups in total. The number of aromatic nitrogens is 1. The zero-order valence-corrected chi connectivity index (χ0v) is 13.2. The summed E-state index contributed by atoms with van der Waals surface area (Å²) in [5.74, 6) is 1.77. The molecule has 0 spiro atoms. The minimum absolute atomic E-state index is 0.697. The second-order valence-electron chi connectivity index (χ2n) is 4.84. The standard InChI is InChI=1S/C8H11N3OS.C5H12N2/c1-6-5-8(12-10-6)9-7-3-4-11(7)13-2;1-7-4-2-6-3-5-7/h3,5,9H,4H2,1-2H3;6H,2-5H2,1H3. The summed E-state index contributed by atoms with van der Waals surface area (Å²) in [5, 5.41) is 10.2. The molecule has 0 amide bonds. The van der Waals surface area contributed by atoms with Crippen LogP contribution in [0.2, 0.25) is 0 Å². The van der Waals surface area contributed by atoms with Crippen molar-refractivity contribution in [2.45, 2.75) is 6.92 Å². The van der Waals surface area contributed by atoms with Crippen LogP contribution < -0.4 is 10.6 Å². The fourth-order valence-corrected chi connectivity index (χ4v) is 2.41. The van der Waals surface area contributed by atoms with Crippen LogP contribution >= 0.6 is 11.9 Å². The zero-order valence-electron chi connectivity index (χ0n) is 12.3. The second-order valence-corrected chi connectivity index (χ2v) is 5.65. The number of hydrogen-bond donors (Lipinski definition) is 2. The van der Waals surface area contributed by atoms with Gasteiger partial charge in [-0.05, 0) is 20.0 Å². The molecule has 1 saturated heterocycles. The summed E-state index contributed by atoms with van der Waals surface area (Å²) < 4.78 is 7.16. The molecule has 0 unspecified atom stereocenters. The van der Waals surface area contributed by atoms with Crippen molar-refractivity contribution in [3.05, 3.63) is 23.7 Å². The van der Waals surface area contributed by atoms with Crippen molar-refractivity contribution < 1.29 is 4.52 Å². The zero-order chi connectivity index (χ0) is 14.4. The lowest BCUT2D eigenvalue weighted by Gasteiger charge is -2.30. The molecule has 1 aromatic rings. The van der Waals surface area contributed by atoms with Crippen LogP contribution in [0.5, 0.6) is 0 Å². The molecule has 0 saturated carbocycles. The predicted molar refractivity (Wildman–Crippen MR) is 83.5 cm³/mol. The van der Waals surface area contributed by atoms with E-state index in [1.54, 1.807) is 11.9 Å². The number of nitrogens with one attached hydrogen (secondary N) is 2. The maximum atomic E-state index is 5.03. The minimum Gasteiger partial charge on any atom is -0.338 e. The fourth-order valence-electron chi connectivity index (χ4n) is 1.87. The van der Waals surface area contributed by atoms with Crippen molar-refractivity contribution in [3.8, 4) is 0 Å². The summed E-state index contributed by atoms with van der Waals surface area (Å²) in [5.41, 5.74) is 0.887. The number of likely N-dealkylation sites (N-methyl/N-ethyl adjacent to an activating group) is 1. The first-order valence-electron chi connectivity index (χ1n) is 6.80. The van der Waals surface area contributed by atoms with E-state index in [2.05, 4.69) is 38.1 Å². The molecule has 0 aromatic carbocycles. The van der Waals surface area contributed by atoms with Crippen LogP contribution in [0, 0.1) is 6.92 Å². The Morgan fingerprint density at radius 2 is 2.15 bits per heavy atom. The molecule has 1 fully saturated rings. The van der Waals surface area contributed by atoms with Crippen molar-refractivity contribution in [2.75, 3.05) is 51.3 Å². The molecule has 2 aliphatic heterocycles. The van der Waals surface area contributed by atoms with Crippen LogP contribution in [-0.4, -0.2) is 60.4 Å². The quantitative estimate of drug-likeness (QED) is 0.817. The molecular formula is C13H23N5OS. The fraction of sp³-hybridized carbons (Fsp3) is 0.615. The number of hydrogen-bond acceptors (Lipinski definition) is 7. The lowest BCUT2D eigenvalue weighted by Crippen LogP contribution is -2.40. The van der Waals surface area contributed by atoms with Crippen LogP contribution in [-0.2, 0) is 0 Å². The van der Waals surface area contributed by atoms with Crippen molar-refractivity contribution >= 4 is 17.8 Å². The van der Waals surface area contributed by atoms with Crippen LogP contribution in [0.15, 0.2) is 22.5 Å². The normalized spacial score (nSPS) is 18.8. The molecule has 6 nitrogen and oxygen atoms in total. The molecular weight excluding hydrogens is 274 g/mol. The molecule has 0 atom stereocenters. The number of anilines is 1. The number of nitrogens with zero attached hydrogens (tertiary/aromatic N) is 3. The van der Waals surface area contributed by atoms with Crippen LogP contribution in [0.1, 0.15) is 5.69 Å². The van der Waals surface area contributed by atoms with Gasteiger partial charge in [0.05, 0.1) is 12.2 Å². The van der Waals surface area contributed by atoms with Crippen molar-refractivity contribution in [1.29, 1.82) is 0 Å². The Hall–Kier alpha value is -1.18. The van der Waals surface area contributed by atoms with E-state index in [1.165, 1.54) is 13.1 Å². The molecule has 20 heavy (non-hydrogen) atoms. The third kappa shape index (κ3) is 4.43. The van der Waals surface area contributed by atoms with Crippen molar-refractivity contribution in [2.24, 2.45) is 0 Å². The van der Waals surface area contributed by atoms with Crippen molar-refractivity contribution in [1.82, 2.24) is 19.7 Å². The highest BCUT2D eigenvalue weighted by atomic mass is 32.2. The third-order valence-electron chi connectivity index (χ3n) is 3.16.